The zero-order valence-corrected chi connectivity index (χ0v) is 21.3. The Hall–Kier alpha value is -3.81. The molecule has 0 atom stereocenters. The highest BCUT2D eigenvalue weighted by Gasteiger charge is 2.28. The Morgan fingerprint density at radius 2 is 1.84 bits per heavy atom. The molecule has 0 aliphatic heterocycles. The second-order valence-corrected chi connectivity index (χ2v) is 10.4. The van der Waals surface area contributed by atoms with Crippen LogP contribution in [-0.2, 0) is 20.7 Å². The number of halogens is 1. The maximum absolute atomic E-state index is 13.6. The quantitative estimate of drug-likeness (QED) is 0.179. The van der Waals surface area contributed by atoms with E-state index in [0.717, 1.165) is 12.8 Å². The van der Waals surface area contributed by atoms with E-state index in [-0.39, 0.29) is 35.4 Å². The van der Waals surface area contributed by atoms with Crippen molar-refractivity contribution in [3.05, 3.63) is 76.1 Å². The number of aryl methyl sites for hydroxylation is 1. The molecule has 37 heavy (non-hydrogen) atoms. The summed E-state index contributed by atoms with van der Waals surface area (Å²) >= 11 is 0. The molecule has 1 heterocycles. The van der Waals surface area contributed by atoms with Crippen LogP contribution >= 0.6 is 0 Å². The van der Waals surface area contributed by atoms with Crippen LogP contribution < -0.4 is 5.56 Å². The van der Waals surface area contributed by atoms with Gasteiger partial charge in [0.05, 0.1) is 16.6 Å². The van der Waals surface area contributed by atoms with Crippen molar-refractivity contribution in [2.75, 3.05) is 0 Å². The molecule has 1 saturated carbocycles. The third-order valence-corrected chi connectivity index (χ3v) is 6.03. The van der Waals surface area contributed by atoms with Gasteiger partial charge in [0.2, 0.25) is 0 Å². The average Bonchev–Trinajstić information content (AvgIpc) is 3.67. The van der Waals surface area contributed by atoms with E-state index in [9.17, 15) is 23.9 Å². The minimum Gasteiger partial charge on any atom is -0.507 e. The van der Waals surface area contributed by atoms with E-state index in [4.69, 9.17) is 9.72 Å². The summed E-state index contributed by atoms with van der Waals surface area (Å²) in [6.07, 6.45) is 4.64. The first kappa shape index (κ1) is 26.3. The zero-order valence-electron chi connectivity index (χ0n) is 21.3. The predicted octanol–water partition coefficient (Wildman–Crippen LogP) is 5.46. The average molecular weight is 507 g/mol. The summed E-state index contributed by atoms with van der Waals surface area (Å²) in [6, 6.07) is 10.3. The van der Waals surface area contributed by atoms with Crippen LogP contribution in [0.25, 0.3) is 22.3 Å². The number of carbonyl (C=O) groups is 2. The number of hydrogen-bond donors (Lipinski definition) is 1. The van der Waals surface area contributed by atoms with Crippen LogP contribution in [0.5, 0.6) is 0 Å². The van der Waals surface area contributed by atoms with Crippen LogP contribution in [0.15, 0.2) is 53.3 Å². The van der Waals surface area contributed by atoms with Crippen molar-refractivity contribution in [2.45, 2.75) is 64.9 Å². The lowest BCUT2D eigenvalue weighted by atomic mass is 10.1. The molecule has 0 radical (unpaired) electrons. The molecule has 1 aliphatic rings. The number of ketones is 1. The summed E-state index contributed by atoms with van der Waals surface area (Å²) in [5, 5.41) is 10.8. The number of benzene rings is 2. The van der Waals surface area contributed by atoms with Gasteiger partial charge in [0.1, 0.15) is 23.0 Å². The molecule has 0 bridgehead atoms. The number of hydrogen-bond acceptors (Lipinski definition) is 6. The number of fused-ring (bicyclic) bond motifs is 1. The highest BCUT2D eigenvalue weighted by atomic mass is 19.1. The Kier molecular flexibility index (Phi) is 7.57. The molecule has 1 aromatic heterocycles. The van der Waals surface area contributed by atoms with Crippen LogP contribution in [0.1, 0.15) is 64.3 Å². The van der Waals surface area contributed by atoms with Gasteiger partial charge >= 0.3 is 5.97 Å². The standard InChI is InChI=1S/C29H31FN2O5/c1-29(2,3)37-27(35)7-5-4-6-26-31-23-16-19(25(34)17-24(33)18-8-9-18)10-15-22(23)28(36)32(26)21-13-11-20(30)12-14-21/h10-18,34H,4-9H2,1-3H3/b25-17-. The van der Waals surface area contributed by atoms with Crippen LogP contribution in [0, 0.1) is 11.7 Å². The number of ether oxygens (including phenoxy) is 1. The summed E-state index contributed by atoms with van der Waals surface area (Å²) in [6.45, 7) is 5.44. The Balaban J connectivity index is 1.65. The molecule has 7 nitrogen and oxygen atoms in total. The minimum atomic E-state index is -0.555. The second kappa shape index (κ2) is 10.7. The number of aromatic nitrogens is 2. The van der Waals surface area contributed by atoms with Gasteiger partial charge in [0.15, 0.2) is 5.78 Å². The fourth-order valence-electron chi connectivity index (χ4n) is 4.06. The Bertz CT molecular complexity index is 1410. The highest BCUT2D eigenvalue weighted by molar-refractivity contribution is 5.98. The van der Waals surface area contributed by atoms with Crippen molar-refractivity contribution in [1.82, 2.24) is 9.55 Å². The minimum absolute atomic E-state index is 0.0177. The van der Waals surface area contributed by atoms with Gasteiger partial charge in [-0.2, -0.15) is 0 Å². The molecule has 4 rings (SSSR count). The molecule has 1 N–H and O–H groups in total. The fourth-order valence-corrected chi connectivity index (χ4v) is 4.06. The Morgan fingerprint density at radius 3 is 2.49 bits per heavy atom. The normalized spacial score (nSPS) is 14.1. The van der Waals surface area contributed by atoms with Crippen molar-refractivity contribution in [1.29, 1.82) is 0 Å². The molecular weight excluding hydrogens is 475 g/mol. The van der Waals surface area contributed by atoms with E-state index >= 15 is 0 Å². The maximum atomic E-state index is 13.6. The molecule has 194 valence electrons. The van der Waals surface area contributed by atoms with Gasteiger partial charge in [-0.1, -0.05) is 6.07 Å². The number of unbranched alkanes of at least 4 members (excludes halogenated alkanes) is 1. The maximum Gasteiger partial charge on any atom is 0.306 e. The molecule has 8 heteroatoms. The van der Waals surface area contributed by atoms with Gasteiger partial charge < -0.3 is 9.84 Å². The van der Waals surface area contributed by atoms with E-state index < -0.39 is 11.4 Å². The highest BCUT2D eigenvalue weighted by Crippen LogP contribution is 2.31. The third-order valence-electron chi connectivity index (χ3n) is 6.03. The topological polar surface area (TPSA) is 98.5 Å². The molecule has 2 aromatic carbocycles. The van der Waals surface area contributed by atoms with Crippen molar-refractivity contribution < 1.29 is 23.8 Å². The number of aliphatic hydroxyl groups is 1. The van der Waals surface area contributed by atoms with Gasteiger partial charge in [0, 0.05) is 30.4 Å². The summed E-state index contributed by atoms with van der Waals surface area (Å²) in [4.78, 5) is 42.4. The lowest BCUT2D eigenvalue weighted by Crippen LogP contribution is -2.24. The van der Waals surface area contributed by atoms with Gasteiger partial charge in [-0.25, -0.2) is 9.37 Å². The van der Waals surface area contributed by atoms with Crippen LogP contribution in [0.3, 0.4) is 0 Å². The van der Waals surface area contributed by atoms with Gasteiger partial charge in [-0.05, 0) is 82.9 Å². The molecule has 1 fully saturated rings. The van der Waals surface area contributed by atoms with Gasteiger partial charge in [0.25, 0.3) is 5.56 Å². The first-order valence-corrected chi connectivity index (χ1v) is 12.5. The Morgan fingerprint density at radius 1 is 1.14 bits per heavy atom. The summed E-state index contributed by atoms with van der Waals surface area (Å²) in [5.41, 5.74) is 0.361. The van der Waals surface area contributed by atoms with Crippen LogP contribution in [0.2, 0.25) is 0 Å². The molecular formula is C29H31FN2O5. The first-order valence-electron chi connectivity index (χ1n) is 12.5. The number of aliphatic hydroxyl groups excluding tert-OH is 1. The van der Waals surface area contributed by atoms with Crippen LogP contribution in [0.4, 0.5) is 4.39 Å². The molecule has 0 unspecified atom stereocenters. The lowest BCUT2D eigenvalue weighted by molar-refractivity contribution is -0.154. The zero-order chi connectivity index (χ0) is 26.7. The fraction of sp³-hybridized carbons (Fsp3) is 0.379. The summed E-state index contributed by atoms with van der Waals surface area (Å²) in [5.74, 6) is -0.552. The summed E-state index contributed by atoms with van der Waals surface area (Å²) < 4.78 is 20.4. The molecule has 3 aromatic rings. The predicted molar refractivity (Wildman–Crippen MR) is 139 cm³/mol. The number of rotatable bonds is 9. The van der Waals surface area contributed by atoms with Gasteiger partial charge in [-0.15, -0.1) is 0 Å². The van der Waals surface area contributed by atoms with Crippen LogP contribution in [-0.4, -0.2) is 32.0 Å². The number of esters is 1. The van der Waals surface area contributed by atoms with Crippen molar-refractivity contribution >= 4 is 28.4 Å². The number of nitrogens with zero attached hydrogens (tertiary/aromatic N) is 2. The molecule has 0 amide bonds. The first-order chi connectivity index (χ1) is 17.5. The lowest BCUT2D eigenvalue weighted by Gasteiger charge is -2.19. The number of carbonyl (C=O) groups excluding carboxylic acids is 2. The largest absolute Gasteiger partial charge is 0.507 e. The van der Waals surface area contributed by atoms with Crippen molar-refractivity contribution in [3.63, 3.8) is 0 Å². The van der Waals surface area contributed by atoms with E-state index in [1.807, 2.05) is 20.8 Å². The molecule has 0 spiro atoms. The van der Waals surface area contributed by atoms with E-state index in [1.54, 1.807) is 18.2 Å². The smallest absolute Gasteiger partial charge is 0.306 e. The second-order valence-electron chi connectivity index (χ2n) is 10.4. The number of allylic oxidation sites excluding steroid dienone is 1. The Labute approximate surface area is 214 Å². The third kappa shape index (κ3) is 6.70. The SMILES string of the molecule is CC(C)(C)OC(=O)CCCCc1nc2cc(/C(O)=C/C(=O)C3CC3)ccc2c(=O)n1-c1ccc(F)cc1. The van der Waals surface area contributed by atoms with Gasteiger partial charge in [-0.3, -0.25) is 19.0 Å². The van der Waals surface area contributed by atoms with E-state index in [2.05, 4.69) is 0 Å². The van der Waals surface area contributed by atoms with E-state index in [1.165, 1.54) is 34.9 Å². The van der Waals surface area contributed by atoms with E-state index in [0.29, 0.717) is 47.2 Å². The molecule has 0 saturated heterocycles. The summed E-state index contributed by atoms with van der Waals surface area (Å²) in [7, 11) is 0. The van der Waals surface area contributed by atoms with Crippen molar-refractivity contribution in [3.8, 4) is 5.69 Å². The monoisotopic (exact) mass is 506 g/mol. The molecule has 1 aliphatic carbocycles. The van der Waals surface area contributed by atoms with Crippen molar-refractivity contribution in [2.24, 2.45) is 5.92 Å².